The minimum absolute atomic E-state index is 0.0379. The standard InChI is InChI=1S/C19H20N4O4/c24-19(27-13-14-6-2-1-3-7-14)20-11-5-4-8-18-21-16-10-9-15(23(25)26)12-17(16)22-18/h1-3,6-7,9-10,12H,4-5,8,11,13H2,(H,20,24)(H,21,22). The molecule has 1 amide bonds. The molecule has 0 bridgehead atoms. The van der Waals surface area contributed by atoms with E-state index in [1.165, 1.54) is 12.1 Å². The van der Waals surface area contributed by atoms with Crippen molar-refractivity contribution in [1.82, 2.24) is 15.3 Å². The second-order valence-corrected chi connectivity index (χ2v) is 6.09. The van der Waals surface area contributed by atoms with Crippen LogP contribution in [0.25, 0.3) is 11.0 Å². The van der Waals surface area contributed by atoms with Crippen molar-refractivity contribution in [3.8, 4) is 0 Å². The molecule has 8 nitrogen and oxygen atoms in total. The number of carbonyl (C=O) groups excluding carboxylic acids is 1. The summed E-state index contributed by atoms with van der Waals surface area (Å²) in [5.74, 6) is 0.775. The minimum Gasteiger partial charge on any atom is -0.445 e. The monoisotopic (exact) mass is 368 g/mol. The number of hydrogen-bond donors (Lipinski definition) is 2. The largest absolute Gasteiger partial charge is 0.445 e. The van der Waals surface area contributed by atoms with Crippen molar-refractivity contribution in [2.75, 3.05) is 6.54 Å². The number of non-ortho nitro benzene ring substituents is 1. The van der Waals surface area contributed by atoms with Gasteiger partial charge in [-0.3, -0.25) is 10.1 Å². The van der Waals surface area contributed by atoms with Crippen LogP contribution in [0, 0.1) is 10.1 Å². The quantitative estimate of drug-likeness (QED) is 0.358. The number of aryl methyl sites for hydroxylation is 1. The number of unbranched alkanes of at least 4 members (excludes halogenated alkanes) is 1. The van der Waals surface area contributed by atoms with Gasteiger partial charge in [-0.2, -0.15) is 0 Å². The van der Waals surface area contributed by atoms with Gasteiger partial charge in [-0.15, -0.1) is 0 Å². The van der Waals surface area contributed by atoms with E-state index in [9.17, 15) is 14.9 Å². The number of nitrogens with zero attached hydrogens (tertiary/aromatic N) is 2. The summed E-state index contributed by atoms with van der Waals surface area (Å²) >= 11 is 0. The van der Waals surface area contributed by atoms with Crippen LogP contribution in [0.4, 0.5) is 10.5 Å². The second kappa shape index (κ2) is 8.79. The highest BCUT2D eigenvalue weighted by molar-refractivity contribution is 5.77. The van der Waals surface area contributed by atoms with Crippen molar-refractivity contribution in [3.63, 3.8) is 0 Å². The third-order valence-corrected chi connectivity index (χ3v) is 4.05. The van der Waals surface area contributed by atoms with E-state index in [2.05, 4.69) is 15.3 Å². The van der Waals surface area contributed by atoms with Gasteiger partial charge in [0.25, 0.3) is 5.69 Å². The second-order valence-electron chi connectivity index (χ2n) is 6.09. The average molecular weight is 368 g/mol. The number of amides is 1. The van der Waals surface area contributed by atoms with Crippen molar-refractivity contribution in [1.29, 1.82) is 0 Å². The maximum Gasteiger partial charge on any atom is 0.407 e. The SMILES string of the molecule is O=C(NCCCCc1nc2ccc([N+](=O)[O-])cc2[nH]1)OCc1ccccc1. The number of nitro benzene ring substituents is 1. The molecule has 8 heteroatoms. The van der Waals surface area contributed by atoms with Gasteiger partial charge in [0.15, 0.2) is 0 Å². The summed E-state index contributed by atoms with van der Waals surface area (Å²) in [6, 6.07) is 14.1. The van der Waals surface area contributed by atoms with Gasteiger partial charge in [-0.05, 0) is 24.5 Å². The van der Waals surface area contributed by atoms with Crippen LogP contribution in [-0.2, 0) is 17.8 Å². The van der Waals surface area contributed by atoms with Gasteiger partial charge in [0.2, 0.25) is 0 Å². The van der Waals surface area contributed by atoms with E-state index in [1.807, 2.05) is 30.3 Å². The lowest BCUT2D eigenvalue weighted by atomic mass is 10.2. The molecule has 0 fully saturated rings. The predicted molar refractivity (Wildman–Crippen MR) is 100 cm³/mol. The number of nitrogens with one attached hydrogen (secondary N) is 2. The number of ether oxygens (including phenoxy) is 1. The summed E-state index contributed by atoms with van der Waals surface area (Å²) in [5, 5.41) is 13.5. The molecular weight excluding hydrogens is 348 g/mol. The van der Waals surface area contributed by atoms with Crippen molar-refractivity contribution in [2.45, 2.75) is 25.9 Å². The Kier molecular flexibility index (Phi) is 5.98. The number of aromatic amines is 1. The number of carbonyl (C=O) groups is 1. The highest BCUT2D eigenvalue weighted by atomic mass is 16.6. The van der Waals surface area contributed by atoms with Crippen LogP contribution in [0.1, 0.15) is 24.2 Å². The Bertz CT molecular complexity index is 924. The lowest BCUT2D eigenvalue weighted by Crippen LogP contribution is -2.25. The van der Waals surface area contributed by atoms with Gasteiger partial charge in [-0.1, -0.05) is 30.3 Å². The van der Waals surface area contributed by atoms with Gasteiger partial charge in [0, 0.05) is 25.1 Å². The third kappa shape index (κ3) is 5.27. The molecule has 2 N–H and O–H groups in total. The van der Waals surface area contributed by atoms with E-state index < -0.39 is 11.0 Å². The van der Waals surface area contributed by atoms with Crippen molar-refractivity contribution in [3.05, 3.63) is 70.0 Å². The molecule has 2 aromatic carbocycles. The fourth-order valence-electron chi connectivity index (χ4n) is 2.66. The molecular formula is C19H20N4O4. The Hall–Kier alpha value is -3.42. The normalized spacial score (nSPS) is 10.7. The first kappa shape index (κ1) is 18.4. The number of benzene rings is 2. The third-order valence-electron chi connectivity index (χ3n) is 4.05. The summed E-state index contributed by atoms with van der Waals surface area (Å²) in [6.07, 6.45) is 1.86. The van der Waals surface area contributed by atoms with E-state index >= 15 is 0 Å². The Morgan fingerprint density at radius 2 is 2.00 bits per heavy atom. The minimum atomic E-state index is -0.435. The van der Waals surface area contributed by atoms with Crippen LogP contribution >= 0.6 is 0 Å². The van der Waals surface area contributed by atoms with Crippen LogP contribution in [0.3, 0.4) is 0 Å². The Labute approximate surface area is 155 Å². The van der Waals surface area contributed by atoms with Gasteiger partial charge in [-0.25, -0.2) is 9.78 Å². The molecule has 0 saturated heterocycles. The van der Waals surface area contributed by atoms with E-state index in [1.54, 1.807) is 6.07 Å². The van der Waals surface area contributed by atoms with Crippen LogP contribution in [0.5, 0.6) is 0 Å². The molecule has 3 aromatic rings. The maximum atomic E-state index is 11.6. The maximum absolute atomic E-state index is 11.6. The lowest BCUT2D eigenvalue weighted by molar-refractivity contribution is -0.384. The summed E-state index contributed by atoms with van der Waals surface area (Å²) in [5.41, 5.74) is 2.34. The molecule has 0 aliphatic carbocycles. The van der Waals surface area contributed by atoms with Crippen LogP contribution in [0.15, 0.2) is 48.5 Å². The van der Waals surface area contributed by atoms with E-state index in [-0.39, 0.29) is 12.3 Å². The van der Waals surface area contributed by atoms with Crippen LogP contribution < -0.4 is 5.32 Å². The molecule has 27 heavy (non-hydrogen) atoms. The molecule has 0 aliphatic rings. The van der Waals surface area contributed by atoms with Crippen molar-refractivity contribution >= 4 is 22.8 Å². The fourth-order valence-corrected chi connectivity index (χ4v) is 2.66. The smallest absolute Gasteiger partial charge is 0.407 e. The molecule has 3 rings (SSSR count). The summed E-state index contributed by atoms with van der Waals surface area (Å²) < 4.78 is 5.14. The van der Waals surface area contributed by atoms with E-state index in [0.29, 0.717) is 24.0 Å². The number of H-pyrrole nitrogens is 1. The Balaban J connectivity index is 1.37. The average Bonchev–Trinajstić information content (AvgIpc) is 3.08. The molecule has 0 saturated carbocycles. The lowest BCUT2D eigenvalue weighted by Gasteiger charge is -2.06. The first-order valence-corrected chi connectivity index (χ1v) is 8.69. The first-order valence-electron chi connectivity index (χ1n) is 8.69. The van der Waals surface area contributed by atoms with Gasteiger partial charge in [0.1, 0.15) is 12.4 Å². The summed E-state index contributed by atoms with van der Waals surface area (Å²) in [4.78, 5) is 29.5. The summed E-state index contributed by atoms with van der Waals surface area (Å²) in [6.45, 7) is 0.761. The Morgan fingerprint density at radius 3 is 2.78 bits per heavy atom. The number of nitro groups is 1. The molecule has 1 aromatic heterocycles. The first-order chi connectivity index (χ1) is 13.1. The number of hydrogen-bond acceptors (Lipinski definition) is 5. The number of imidazole rings is 1. The van der Waals surface area contributed by atoms with Crippen LogP contribution in [0.2, 0.25) is 0 Å². The summed E-state index contributed by atoms with van der Waals surface area (Å²) in [7, 11) is 0. The molecule has 1 heterocycles. The molecule has 0 atom stereocenters. The van der Waals surface area contributed by atoms with Crippen LogP contribution in [-0.4, -0.2) is 27.5 Å². The molecule has 0 aliphatic heterocycles. The zero-order valence-electron chi connectivity index (χ0n) is 14.7. The number of aromatic nitrogens is 2. The number of rotatable bonds is 8. The highest BCUT2D eigenvalue weighted by Crippen LogP contribution is 2.19. The van der Waals surface area contributed by atoms with E-state index in [4.69, 9.17) is 4.74 Å². The molecule has 140 valence electrons. The van der Waals surface area contributed by atoms with Gasteiger partial charge < -0.3 is 15.0 Å². The zero-order valence-corrected chi connectivity index (χ0v) is 14.7. The molecule has 0 spiro atoms. The number of fused-ring (bicyclic) bond motifs is 1. The zero-order chi connectivity index (χ0) is 19.1. The van der Waals surface area contributed by atoms with Gasteiger partial charge in [0.05, 0.1) is 16.0 Å². The Morgan fingerprint density at radius 1 is 1.19 bits per heavy atom. The number of alkyl carbamates (subject to hydrolysis) is 1. The molecule has 0 unspecified atom stereocenters. The topological polar surface area (TPSA) is 110 Å². The molecule has 0 radical (unpaired) electrons. The van der Waals surface area contributed by atoms with Crippen molar-refractivity contribution in [2.24, 2.45) is 0 Å². The highest BCUT2D eigenvalue weighted by Gasteiger charge is 2.09. The van der Waals surface area contributed by atoms with E-state index in [0.717, 1.165) is 24.2 Å². The predicted octanol–water partition coefficient (Wildman–Crippen LogP) is 3.72. The fraction of sp³-hybridized carbons (Fsp3) is 0.263. The van der Waals surface area contributed by atoms with Gasteiger partial charge >= 0.3 is 6.09 Å². The van der Waals surface area contributed by atoms with Crippen molar-refractivity contribution < 1.29 is 14.5 Å².